The summed E-state index contributed by atoms with van der Waals surface area (Å²) in [5.74, 6) is 0.598. The lowest BCUT2D eigenvalue weighted by atomic mass is 10.2. The number of rotatable bonds is 7. The molecule has 6 heteroatoms. The summed E-state index contributed by atoms with van der Waals surface area (Å²) < 4.78 is 10.3. The van der Waals surface area contributed by atoms with E-state index in [2.05, 4.69) is 16.9 Å². The smallest absolute Gasteiger partial charge is 0.319 e. The molecule has 1 atom stereocenters. The second kappa shape index (κ2) is 7.36. The fraction of sp³-hybridized carbons (Fsp3) is 0.467. The van der Waals surface area contributed by atoms with E-state index in [4.69, 9.17) is 9.47 Å². The Bertz CT molecular complexity index is 612. The van der Waals surface area contributed by atoms with Gasteiger partial charge in [-0.05, 0) is 25.5 Å². The first-order valence-corrected chi connectivity index (χ1v) is 7.93. The van der Waals surface area contributed by atoms with Crippen molar-refractivity contribution in [3.05, 3.63) is 18.2 Å². The van der Waals surface area contributed by atoms with Gasteiger partial charge >= 0.3 is 5.97 Å². The molecule has 1 N–H and O–H groups in total. The highest BCUT2D eigenvalue weighted by Gasteiger charge is 2.22. The number of carbonyl (C=O) groups is 1. The first-order valence-electron chi connectivity index (χ1n) is 7.05. The van der Waals surface area contributed by atoms with Crippen molar-refractivity contribution in [3.63, 3.8) is 0 Å². The SMILES string of the molecule is CCCC(Sc1nc2ccc(OC)cc2[nH]1)C(=O)OCC. The Kier molecular flexibility index (Phi) is 5.50. The number of carbonyl (C=O) groups excluding carboxylic acids is 1. The number of benzene rings is 1. The van der Waals surface area contributed by atoms with Crippen molar-refractivity contribution in [3.8, 4) is 5.75 Å². The predicted molar refractivity (Wildman–Crippen MR) is 83.8 cm³/mol. The topological polar surface area (TPSA) is 64.2 Å². The van der Waals surface area contributed by atoms with Gasteiger partial charge in [0.25, 0.3) is 0 Å². The van der Waals surface area contributed by atoms with Crippen LogP contribution in [0.4, 0.5) is 0 Å². The predicted octanol–water partition coefficient (Wildman–Crippen LogP) is 3.40. The summed E-state index contributed by atoms with van der Waals surface area (Å²) in [7, 11) is 1.63. The number of nitrogens with one attached hydrogen (secondary N) is 1. The first kappa shape index (κ1) is 15.7. The van der Waals surface area contributed by atoms with Gasteiger partial charge in [0.15, 0.2) is 5.16 Å². The minimum absolute atomic E-state index is 0.178. The molecule has 0 saturated carbocycles. The molecular formula is C15H20N2O3S. The molecule has 0 radical (unpaired) electrons. The molecule has 1 unspecified atom stereocenters. The standard InChI is InChI=1S/C15H20N2O3S/c1-4-6-13(14(18)20-5-2)21-15-16-11-8-7-10(19-3)9-12(11)17-15/h7-9,13H,4-6H2,1-3H3,(H,16,17). The van der Waals surface area contributed by atoms with Crippen LogP contribution in [0.1, 0.15) is 26.7 Å². The number of nitrogens with zero attached hydrogens (tertiary/aromatic N) is 1. The van der Waals surface area contributed by atoms with Crippen LogP contribution in [-0.2, 0) is 9.53 Å². The Labute approximate surface area is 128 Å². The van der Waals surface area contributed by atoms with Crippen molar-refractivity contribution in [2.45, 2.75) is 37.1 Å². The van der Waals surface area contributed by atoms with E-state index in [0.29, 0.717) is 6.61 Å². The van der Waals surface area contributed by atoms with Crippen molar-refractivity contribution in [1.82, 2.24) is 9.97 Å². The number of thioether (sulfide) groups is 1. The van der Waals surface area contributed by atoms with Crippen molar-refractivity contribution < 1.29 is 14.3 Å². The summed E-state index contributed by atoms with van der Waals surface area (Å²) in [4.78, 5) is 19.7. The quantitative estimate of drug-likeness (QED) is 0.627. The van der Waals surface area contributed by atoms with Crippen LogP contribution in [0.2, 0.25) is 0 Å². The van der Waals surface area contributed by atoms with Crippen LogP contribution in [0, 0.1) is 0 Å². The second-order valence-electron chi connectivity index (χ2n) is 4.57. The number of methoxy groups -OCH3 is 1. The third-order valence-electron chi connectivity index (χ3n) is 3.02. The number of ether oxygens (including phenoxy) is 2. The van der Waals surface area contributed by atoms with Crippen LogP contribution in [0.15, 0.2) is 23.4 Å². The number of hydrogen-bond acceptors (Lipinski definition) is 5. The molecule has 0 aliphatic rings. The molecule has 0 aliphatic heterocycles. The molecule has 5 nitrogen and oxygen atoms in total. The van der Waals surface area contributed by atoms with E-state index in [9.17, 15) is 4.79 Å². The number of imidazole rings is 1. The lowest BCUT2D eigenvalue weighted by Crippen LogP contribution is -2.20. The van der Waals surface area contributed by atoms with Gasteiger partial charge in [-0.2, -0.15) is 0 Å². The maximum absolute atomic E-state index is 11.9. The molecule has 1 heterocycles. The van der Waals surface area contributed by atoms with Crippen LogP contribution in [0.3, 0.4) is 0 Å². The van der Waals surface area contributed by atoms with Gasteiger partial charge in [-0.3, -0.25) is 4.79 Å². The van der Waals surface area contributed by atoms with Gasteiger partial charge in [-0.1, -0.05) is 25.1 Å². The molecule has 2 aromatic rings. The molecule has 0 saturated heterocycles. The third kappa shape index (κ3) is 3.91. The van der Waals surface area contributed by atoms with Gasteiger partial charge in [0.2, 0.25) is 0 Å². The Morgan fingerprint density at radius 1 is 1.43 bits per heavy atom. The molecule has 0 aliphatic carbocycles. The Hall–Kier alpha value is -1.69. The molecule has 21 heavy (non-hydrogen) atoms. The minimum atomic E-state index is -0.225. The number of esters is 1. The zero-order valence-corrected chi connectivity index (χ0v) is 13.3. The number of H-pyrrole nitrogens is 1. The van der Waals surface area contributed by atoms with Gasteiger partial charge in [0, 0.05) is 6.07 Å². The molecule has 2 rings (SSSR count). The van der Waals surface area contributed by atoms with Gasteiger partial charge in [0.1, 0.15) is 11.0 Å². The average Bonchev–Trinajstić information content (AvgIpc) is 2.88. The lowest BCUT2D eigenvalue weighted by Gasteiger charge is -2.12. The zero-order valence-electron chi connectivity index (χ0n) is 12.5. The van der Waals surface area contributed by atoms with Gasteiger partial charge in [-0.15, -0.1) is 0 Å². The van der Waals surface area contributed by atoms with Crippen molar-refractivity contribution in [2.75, 3.05) is 13.7 Å². The monoisotopic (exact) mass is 308 g/mol. The third-order valence-corrected chi connectivity index (χ3v) is 4.15. The molecule has 0 spiro atoms. The maximum Gasteiger partial charge on any atom is 0.319 e. The number of fused-ring (bicyclic) bond motifs is 1. The Morgan fingerprint density at radius 2 is 2.24 bits per heavy atom. The van der Waals surface area contributed by atoms with E-state index >= 15 is 0 Å². The van der Waals surface area contributed by atoms with Crippen molar-refractivity contribution in [1.29, 1.82) is 0 Å². The van der Waals surface area contributed by atoms with Gasteiger partial charge in [-0.25, -0.2) is 4.98 Å². The van der Waals surface area contributed by atoms with Gasteiger partial charge < -0.3 is 14.5 Å². The van der Waals surface area contributed by atoms with Crippen LogP contribution in [0.5, 0.6) is 5.75 Å². The number of hydrogen-bond donors (Lipinski definition) is 1. The van der Waals surface area contributed by atoms with Crippen LogP contribution in [-0.4, -0.2) is 34.9 Å². The average molecular weight is 308 g/mol. The summed E-state index contributed by atoms with van der Waals surface area (Å²) in [6.07, 6.45) is 1.69. The summed E-state index contributed by atoms with van der Waals surface area (Å²) in [5, 5.41) is 0.502. The zero-order chi connectivity index (χ0) is 15.2. The summed E-state index contributed by atoms with van der Waals surface area (Å²) in [5.41, 5.74) is 1.76. The van der Waals surface area contributed by atoms with Crippen molar-refractivity contribution >= 4 is 28.8 Å². The second-order valence-corrected chi connectivity index (χ2v) is 5.76. The molecule has 0 bridgehead atoms. The summed E-state index contributed by atoms with van der Waals surface area (Å²) in [6, 6.07) is 5.66. The number of aromatic amines is 1. The highest BCUT2D eigenvalue weighted by atomic mass is 32.2. The fourth-order valence-corrected chi connectivity index (χ4v) is 3.11. The maximum atomic E-state index is 11.9. The normalized spacial score (nSPS) is 12.3. The minimum Gasteiger partial charge on any atom is -0.497 e. The van der Waals surface area contributed by atoms with E-state index in [1.54, 1.807) is 7.11 Å². The lowest BCUT2D eigenvalue weighted by molar-refractivity contribution is -0.142. The van der Waals surface area contributed by atoms with Gasteiger partial charge in [0.05, 0.1) is 24.8 Å². The van der Waals surface area contributed by atoms with Crippen LogP contribution >= 0.6 is 11.8 Å². The summed E-state index contributed by atoms with van der Waals surface area (Å²) >= 11 is 1.42. The Balaban J connectivity index is 2.18. The Morgan fingerprint density at radius 3 is 2.90 bits per heavy atom. The first-order chi connectivity index (χ1) is 10.2. The molecule has 0 fully saturated rings. The van der Waals surface area contributed by atoms with E-state index in [-0.39, 0.29) is 11.2 Å². The van der Waals surface area contributed by atoms with E-state index in [1.165, 1.54) is 11.8 Å². The molecular weight excluding hydrogens is 288 g/mol. The number of aromatic nitrogens is 2. The highest BCUT2D eigenvalue weighted by Crippen LogP contribution is 2.28. The van der Waals surface area contributed by atoms with E-state index < -0.39 is 0 Å². The molecule has 0 amide bonds. The largest absolute Gasteiger partial charge is 0.497 e. The molecule has 114 valence electrons. The van der Waals surface area contributed by atoms with Crippen LogP contribution in [0.25, 0.3) is 11.0 Å². The molecule has 1 aromatic carbocycles. The highest BCUT2D eigenvalue weighted by molar-refractivity contribution is 8.00. The fourth-order valence-electron chi connectivity index (χ4n) is 2.01. The van der Waals surface area contributed by atoms with Crippen molar-refractivity contribution in [2.24, 2.45) is 0 Å². The summed E-state index contributed by atoms with van der Waals surface area (Å²) in [6.45, 7) is 4.27. The molecule has 1 aromatic heterocycles. The van der Waals surface area contributed by atoms with E-state index in [1.807, 2.05) is 25.1 Å². The van der Waals surface area contributed by atoms with Crippen LogP contribution < -0.4 is 4.74 Å². The van der Waals surface area contributed by atoms with E-state index in [0.717, 1.165) is 34.8 Å².